The smallest absolute Gasteiger partial charge is 0.191 e. The molecular formula is C16H15Cl2N3OS. The fourth-order valence-corrected chi connectivity index (χ4v) is 2.55. The van der Waals surface area contributed by atoms with Crippen molar-refractivity contribution >= 4 is 51.9 Å². The summed E-state index contributed by atoms with van der Waals surface area (Å²) in [5.41, 5.74) is 5.63. The molecule has 0 aliphatic carbocycles. The van der Waals surface area contributed by atoms with Crippen LogP contribution >= 0.6 is 35.4 Å². The van der Waals surface area contributed by atoms with E-state index >= 15 is 0 Å². The number of anilines is 1. The predicted molar refractivity (Wildman–Crippen MR) is 101 cm³/mol. The summed E-state index contributed by atoms with van der Waals surface area (Å²) in [6, 6.07) is 10.8. The van der Waals surface area contributed by atoms with E-state index in [0.29, 0.717) is 21.4 Å². The SMILES string of the molecule is C/C(=N\NC(=S)Nc1ccccc1C)c1cc(Cl)cc(Cl)c1O. The van der Waals surface area contributed by atoms with Crippen molar-refractivity contribution in [2.24, 2.45) is 5.10 Å². The van der Waals surface area contributed by atoms with E-state index in [-0.39, 0.29) is 10.8 Å². The van der Waals surface area contributed by atoms with E-state index in [1.165, 1.54) is 6.07 Å². The van der Waals surface area contributed by atoms with Crippen molar-refractivity contribution in [2.45, 2.75) is 13.8 Å². The average molecular weight is 368 g/mol. The molecule has 4 nitrogen and oxygen atoms in total. The molecule has 2 aromatic carbocycles. The van der Waals surface area contributed by atoms with Gasteiger partial charge in [-0.2, -0.15) is 5.10 Å². The number of hydrogen-bond donors (Lipinski definition) is 3. The monoisotopic (exact) mass is 367 g/mol. The quantitative estimate of drug-likeness (QED) is 0.417. The van der Waals surface area contributed by atoms with Crippen LogP contribution in [0.2, 0.25) is 10.0 Å². The zero-order valence-corrected chi connectivity index (χ0v) is 14.9. The summed E-state index contributed by atoms with van der Waals surface area (Å²) in [7, 11) is 0. The Balaban J connectivity index is 2.11. The van der Waals surface area contributed by atoms with Crippen molar-refractivity contribution < 1.29 is 5.11 Å². The van der Waals surface area contributed by atoms with Gasteiger partial charge in [-0.3, -0.25) is 5.43 Å². The Morgan fingerprint density at radius 3 is 2.61 bits per heavy atom. The van der Waals surface area contributed by atoms with Gasteiger partial charge in [0.25, 0.3) is 0 Å². The second kappa shape index (κ2) is 7.64. The summed E-state index contributed by atoms with van der Waals surface area (Å²) < 4.78 is 0. The van der Waals surface area contributed by atoms with Crippen LogP contribution in [-0.4, -0.2) is 15.9 Å². The molecule has 0 spiro atoms. The van der Waals surface area contributed by atoms with Crippen LogP contribution in [0.3, 0.4) is 0 Å². The van der Waals surface area contributed by atoms with Crippen LogP contribution in [-0.2, 0) is 0 Å². The van der Waals surface area contributed by atoms with Gasteiger partial charge >= 0.3 is 0 Å². The third kappa shape index (κ3) is 4.58. The fraction of sp³-hybridized carbons (Fsp3) is 0.125. The van der Waals surface area contributed by atoms with Crippen molar-refractivity contribution in [1.29, 1.82) is 0 Å². The topological polar surface area (TPSA) is 56.7 Å². The molecule has 0 saturated carbocycles. The van der Waals surface area contributed by atoms with Crippen molar-refractivity contribution in [3.8, 4) is 5.75 Å². The lowest BCUT2D eigenvalue weighted by Gasteiger charge is -2.11. The Morgan fingerprint density at radius 1 is 1.22 bits per heavy atom. The molecule has 0 atom stereocenters. The van der Waals surface area contributed by atoms with Gasteiger partial charge in [0.05, 0.1) is 10.7 Å². The molecule has 0 aliphatic heterocycles. The molecule has 2 rings (SSSR count). The number of nitrogens with zero attached hydrogens (tertiary/aromatic N) is 1. The van der Waals surface area contributed by atoms with Crippen LogP contribution in [0, 0.1) is 6.92 Å². The number of phenolic OH excluding ortho intramolecular Hbond substituents is 1. The summed E-state index contributed by atoms with van der Waals surface area (Å²) >= 11 is 17.1. The van der Waals surface area contributed by atoms with Gasteiger partial charge in [-0.25, -0.2) is 0 Å². The van der Waals surface area contributed by atoms with Crippen LogP contribution in [0.25, 0.3) is 0 Å². The minimum absolute atomic E-state index is 0.0723. The largest absolute Gasteiger partial charge is 0.506 e. The molecule has 0 amide bonds. The first-order chi connectivity index (χ1) is 10.9. The maximum atomic E-state index is 9.98. The zero-order chi connectivity index (χ0) is 17.0. The number of aryl methyl sites for hydroxylation is 1. The normalized spacial score (nSPS) is 11.2. The molecule has 0 fully saturated rings. The van der Waals surface area contributed by atoms with Gasteiger partial charge in [-0.15, -0.1) is 0 Å². The summed E-state index contributed by atoms with van der Waals surface area (Å²) in [6.45, 7) is 3.69. The third-order valence-electron chi connectivity index (χ3n) is 3.14. The Labute approximate surface area is 150 Å². The van der Waals surface area contributed by atoms with Crippen LogP contribution in [0.5, 0.6) is 5.75 Å². The molecule has 0 saturated heterocycles. The lowest BCUT2D eigenvalue weighted by atomic mass is 10.1. The maximum absolute atomic E-state index is 9.98. The number of para-hydroxylation sites is 1. The molecule has 2 aromatic rings. The maximum Gasteiger partial charge on any atom is 0.191 e. The van der Waals surface area contributed by atoms with Crippen LogP contribution in [0.15, 0.2) is 41.5 Å². The number of thiocarbonyl (C=S) groups is 1. The molecule has 0 radical (unpaired) electrons. The number of phenols is 1. The summed E-state index contributed by atoms with van der Waals surface area (Å²) in [5.74, 6) is -0.0723. The minimum Gasteiger partial charge on any atom is -0.506 e. The second-order valence-corrected chi connectivity index (χ2v) is 6.11. The van der Waals surface area contributed by atoms with Crippen LogP contribution in [0.4, 0.5) is 5.69 Å². The highest BCUT2D eigenvalue weighted by molar-refractivity contribution is 7.80. The molecule has 0 heterocycles. The predicted octanol–water partition coefficient (Wildman–Crippen LogP) is 4.72. The summed E-state index contributed by atoms with van der Waals surface area (Å²) in [4.78, 5) is 0. The standard InChI is InChI=1S/C16H15Cl2N3OS/c1-9-5-3-4-6-14(9)19-16(23)21-20-10(2)12-7-11(17)8-13(18)15(12)22/h3-8,22H,1-2H3,(H2,19,21,23)/b20-10+. The summed E-state index contributed by atoms with van der Waals surface area (Å²) in [5, 5.41) is 18.1. The molecule has 0 bridgehead atoms. The highest BCUT2D eigenvalue weighted by Gasteiger charge is 2.11. The lowest BCUT2D eigenvalue weighted by molar-refractivity contribution is 0.474. The zero-order valence-electron chi connectivity index (χ0n) is 12.5. The molecular weight excluding hydrogens is 353 g/mol. The van der Waals surface area contributed by atoms with Crippen molar-refractivity contribution in [2.75, 3.05) is 5.32 Å². The fourth-order valence-electron chi connectivity index (χ4n) is 1.90. The second-order valence-electron chi connectivity index (χ2n) is 4.86. The molecule has 23 heavy (non-hydrogen) atoms. The average Bonchev–Trinajstić information content (AvgIpc) is 2.50. The van der Waals surface area contributed by atoms with Gasteiger partial charge in [0.1, 0.15) is 5.75 Å². The Kier molecular flexibility index (Phi) is 5.82. The van der Waals surface area contributed by atoms with Gasteiger partial charge in [0.15, 0.2) is 5.11 Å². The van der Waals surface area contributed by atoms with Gasteiger partial charge in [0, 0.05) is 16.3 Å². The summed E-state index contributed by atoms with van der Waals surface area (Å²) in [6.07, 6.45) is 0. The highest BCUT2D eigenvalue weighted by Crippen LogP contribution is 2.31. The van der Waals surface area contributed by atoms with Crippen LogP contribution < -0.4 is 10.7 Å². The molecule has 3 N–H and O–H groups in total. The van der Waals surface area contributed by atoms with Crippen molar-refractivity contribution in [3.05, 3.63) is 57.6 Å². The van der Waals surface area contributed by atoms with E-state index in [9.17, 15) is 5.11 Å². The van der Waals surface area contributed by atoms with E-state index in [4.69, 9.17) is 35.4 Å². The number of benzene rings is 2. The number of nitrogens with one attached hydrogen (secondary N) is 2. The molecule has 0 aliphatic rings. The number of halogens is 2. The van der Waals surface area contributed by atoms with E-state index in [0.717, 1.165) is 11.3 Å². The van der Waals surface area contributed by atoms with Crippen LogP contribution in [0.1, 0.15) is 18.1 Å². The van der Waals surface area contributed by atoms with Crippen molar-refractivity contribution in [1.82, 2.24) is 5.43 Å². The van der Waals surface area contributed by atoms with E-state index in [1.54, 1.807) is 13.0 Å². The lowest BCUT2D eigenvalue weighted by Crippen LogP contribution is -2.25. The first-order valence-corrected chi connectivity index (χ1v) is 7.90. The Bertz CT molecular complexity index is 778. The molecule has 0 aromatic heterocycles. The third-order valence-corrected chi connectivity index (χ3v) is 3.84. The number of aromatic hydroxyl groups is 1. The number of hydrogen-bond acceptors (Lipinski definition) is 3. The van der Waals surface area contributed by atoms with Gasteiger partial charge in [-0.1, -0.05) is 41.4 Å². The Hall–Kier alpha value is -1.82. The van der Waals surface area contributed by atoms with E-state index < -0.39 is 0 Å². The van der Waals surface area contributed by atoms with Gasteiger partial charge in [0.2, 0.25) is 0 Å². The van der Waals surface area contributed by atoms with E-state index in [1.807, 2.05) is 31.2 Å². The first-order valence-electron chi connectivity index (χ1n) is 6.73. The van der Waals surface area contributed by atoms with Gasteiger partial charge < -0.3 is 10.4 Å². The molecule has 120 valence electrons. The van der Waals surface area contributed by atoms with E-state index in [2.05, 4.69) is 15.8 Å². The molecule has 0 unspecified atom stereocenters. The number of hydrazone groups is 1. The highest BCUT2D eigenvalue weighted by atomic mass is 35.5. The number of rotatable bonds is 3. The van der Waals surface area contributed by atoms with Gasteiger partial charge in [-0.05, 0) is 49.8 Å². The van der Waals surface area contributed by atoms with Crippen molar-refractivity contribution in [3.63, 3.8) is 0 Å². The Morgan fingerprint density at radius 2 is 1.91 bits per heavy atom. The first kappa shape index (κ1) is 17.5. The minimum atomic E-state index is -0.0723. The molecule has 7 heteroatoms.